The number of nitrogens with zero attached hydrogens (tertiary/aromatic N) is 1. The molecule has 1 fully saturated rings. The number of benzene rings is 1. The second kappa shape index (κ2) is 3.30. The molecule has 3 rings (SSSR count). The highest BCUT2D eigenvalue weighted by atomic mass is 15.2. The van der Waals surface area contributed by atoms with E-state index in [1.165, 1.54) is 48.2 Å². The molecule has 0 amide bonds. The van der Waals surface area contributed by atoms with Gasteiger partial charge in [0.15, 0.2) is 0 Å². The molecule has 0 unspecified atom stereocenters. The zero-order valence-corrected chi connectivity index (χ0v) is 9.09. The molecule has 2 nitrogen and oxygen atoms in total. The van der Waals surface area contributed by atoms with Crippen molar-refractivity contribution in [1.29, 1.82) is 0 Å². The normalized spacial score (nSPS) is 16.5. The molecule has 0 atom stereocenters. The molecular formula is C13H16N2. The minimum absolute atomic E-state index is 1.21. The van der Waals surface area contributed by atoms with Crippen molar-refractivity contribution in [2.45, 2.75) is 19.8 Å². The van der Waals surface area contributed by atoms with Crippen molar-refractivity contribution in [3.63, 3.8) is 0 Å². The first-order valence-corrected chi connectivity index (χ1v) is 5.68. The van der Waals surface area contributed by atoms with Gasteiger partial charge in [-0.15, -0.1) is 0 Å². The van der Waals surface area contributed by atoms with E-state index in [1.54, 1.807) is 0 Å². The topological polar surface area (TPSA) is 19.0 Å². The van der Waals surface area contributed by atoms with Crippen LogP contribution >= 0.6 is 0 Å². The lowest BCUT2D eigenvalue weighted by Gasteiger charge is -2.17. The smallest absolute Gasteiger partial charge is 0.0654 e. The summed E-state index contributed by atoms with van der Waals surface area (Å²) in [5, 5.41) is 1.37. The van der Waals surface area contributed by atoms with Crippen LogP contribution in [-0.4, -0.2) is 18.1 Å². The fourth-order valence-corrected chi connectivity index (χ4v) is 2.61. The molecule has 78 valence electrons. The number of para-hydroxylation sites is 1. The number of hydrogen-bond donors (Lipinski definition) is 1. The number of anilines is 1. The van der Waals surface area contributed by atoms with Crippen LogP contribution in [0.1, 0.15) is 18.5 Å². The van der Waals surface area contributed by atoms with Gasteiger partial charge in [0.25, 0.3) is 0 Å². The van der Waals surface area contributed by atoms with Gasteiger partial charge in [-0.1, -0.05) is 18.2 Å². The maximum atomic E-state index is 3.46. The third kappa shape index (κ3) is 1.32. The quantitative estimate of drug-likeness (QED) is 0.749. The van der Waals surface area contributed by atoms with Crippen molar-refractivity contribution in [2.24, 2.45) is 0 Å². The van der Waals surface area contributed by atoms with Gasteiger partial charge in [0.05, 0.1) is 5.69 Å². The fourth-order valence-electron chi connectivity index (χ4n) is 2.61. The van der Waals surface area contributed by atoms with Crippen LogP contribution in [0.15, 0.2) is 24.3 Å². The van der Waals surface area contributed by atoms with Crippen LogP contribution in [0, 0.1) is 6.92 Å². The summed E-state index contributed by atoms with van der Waals surface area (Å²) in [6.45, 7) is 4.60. The lowest BCUT2D eigenvalue weighted by molar-refractivity contribution is 0.949. The number of hydrogen-bond acceptors (Lipinski definition) is 1. The lowest BCUT2D eigenvalue weighted by Crippen LogP contribution is -2.18. The highest BCUT2D eigenvalue weighted by molar-refractivity contribution is 5.94. The molecule has 0 radical (unpaired) electrons. The first-order valence-electron chi connectivity index (χ1n) is 5.68. The average molecular weight is 200 g/mol. The standard InChI is InChI=1S/C13H16N2/c1-10-13(15-8-4-5-9-15)11-6-2-3-7-12(11)14-10/h2-3,6-7,14H,4-5,8-9H2,1H3. The van der Waals surface area contributed by atoms with E-state index in [0.29, 0.717) is 0 Å². The molecule has 0 aliphatic carbocycles. The molecule has 1 aliphatic rings. The summed E-state index contributed by atoms with van der Waals surface area (Å²) >= 11 is 0. The van der Waals surface area contributed by atoms with Crippen LogP contribution < -0.4 is 4.90 Å². The molecule has 1 aliphatic heterocycles. The number of rotatable bonds is 1. The van der Waals surface area contributed by atoms with Crippen molar-refractivity contribution in [1.82, 2.24) is 4.98 Å². The summed E-state index contributed by atoms with van der Waals surface area (Å²) in [6, 6.07) is 8.58. The Balaban J connectivity index is 2.19. The van der Waals surface area contributed by atoms with E-state index in [0.717, 1.165) is 0 Å². The van der Waals surface area contributed by atoms with E-state index in [9.17, 15) is 0 Å². The molecule has 0 saturated carbocycles. The highest BCUT2D eigenvalue weighted by Gasteiger charge is 2.18. The molecule has 1 saturated heterocycles. The SMILES string of the molecule is Cc1[nH]c2ccccc2c1N1CCCC1. The molecule has 1 aromatic carbocycles. The summed E-state index contributed by atoms with van der Waals surface area (Å²) in [5.41, 5.74) is 3.98. The van der Waals surface area contributed by atoms with Gasteiger partial charge in [0, 0.05) is 29.7 Å². The highest BCUT2D eigenvalue weighted by Crippen LogP contribution is 2.32. The molecule has 1 aromatic heterocycles. The van der Waals surface area contributed by atoms with Crippen molar-refractivity contribution in [3.8, 4) is 0 Å². The van der Waals surface area contributed by atoms with E-state index in [2.05, 4.69) is 41.1 Å². The fraction of sp³-hybridized carbons (Fsp3) is 0.385. The Morgan fingerprint density at radius 2 is 1.87 bits per heavy atom. The van der Waals surface area contributed by atoms with Gasteiger partial charge in [-0.05, 0) is 25.8 Å². The van der Waals surface area contributed by atoms with E-state index in [1.807, 2.05) is 0 Å². The molecule has 0 bridgehead atoms. The summed E-state index contributed by atoms with van der Waals surface area (Å²) in [7, 11) is 0. The average Bonchev–Trinajstić information content (AvgIpc) is 2.82. The Morgan fingerprint density at radius 1 is 1.13 bits per heavy atom. The van der Waals surface area contributed by atoms with Crippen LogP contribution in [0.5, 0.6) is 0 Å². The Bertz CT molecular complexity index is 478. The summed E-state index contributed by atoms with van der Waals surface area (Å²) in [6.07, 6.45) is 2.66. The number of nitrogens with one attached hydrogen (secondary N) is 1. The second-order valence-corrected chi connectivity index (χ2v) is 4.34. The molecule has 15 heavy (non-hydrogen) atoms. The maximum absolute atomic E-state index is 3.46. The predicted molar refractivity (Wildman–Crippen MR) is 64.5 cm³/mol. The van der Waals surface area contributed by atoms with Gasteiger partial charge in [0.1, 0.15) is 0 Å². The number of fused-ring (bicyclic) bond motifs is 1. The summed E-state index contributed by atoms with van der Waals surface area (Å²) in [4.78, 5) is 5.97. The Kier molecular flexibility index (Phi) is 1.94. The maximum Gasteiger partial charge on any atom is 0.0654 e. The Hall–Kier alpha value is -1.44. The van der Waals surface area contributed by atoms with Gasteiger partial charge >= 0.3 is 0 Å². The Labute approximate surface area is 89.9 Å². The predicted octanol–water partition coefficient (Wildman–Crippen LogP) is 3.08. The molecule has 2 heterocycles. The Morgan fingerprint density at radius 3 is 2.67 bits per heavy atom. The third-order valence-corrected chi connectivity index (χ3v) is 3.28. The minimum Gasteiger partial charge on any atom is -0.370 e. The van der Waals surface area contributed by atoms with Crippen molar-refractivity contribution >= 4 is 16.6 Å². The number of aryl methyl sites for hydroxylation is 1. The van der Waals surface area contributed by atoms with Gasteiger partial charge in [-0.25, -0.2) is 0 Å². The molecule has 2 heteroatoms. The zero-order valence-electron chi connectivity index (χ0n) is 9.09. The van der Waals surface area contributed by atoms with E-state index < -0.39 is 0 Å². The van der Waals surface area contributed by atoms with Crippen molar-refractivity contribution in [3.05, 3.63) is 30.0 Å². The van der Waals surface area contributed by atoms with Crippen molar-refractivity contribution < 1.29 is 0 Å². The molecule has 0 spiro atoms. The number of H-pyrrole nitrogens is 1. The summed E-state index contributed by atoms with van der Waals surface area (Å²) in [5.74, 6) is 0. The van der Waals surface area contributed by atoms with E-state index in [-0.39, 0.29) is 0 Å². The van der Waals surface area contributed by atoms with Gasteiger partial charge in [-0.2, -0.15) is 0 Å². The van der Waals surface area contributed by atoms with Crippen LogP contribution in [-0.2, 0) is 0 Å². The number of aromatic amines is 1. The van der Waals surface area contributed by atoms with Crippen LogP contribution in [0.3, 0.4) is 0 Å². The van der Waals surface area contributed by atoms with Crippen molar-refractivity contribution in [2.75, 3.05) is 18.0 Å². The molecule has 2 aromatic rings. The van der Waals surface area contributed by atoms with Crippen LogP contribution in [0.25, 0.3) is 10.9 Å². The molecular weight excluding hydrogens is 184 g/mol. The first-order chi connectivity index (χ1) is 7.36. The first kappa shape index (κ1) is 8.84. The zero-order chi connectivity index (χ0) is 10.3. The van der Waals surface area contributed by atoms with Gasteiger partial charge in [-0.3, -0.25) is 0 Å². The van der Waals surface area contributed by atoms with Crippen LogP contribution in [0.4, 0.5) is 5.69 Å². The monoisotopic (exact) mass is 200 g/mol. The van der Waals surface area contributed by atoms with E-state index in [4.69, 9.17) is 0 Å². The lowest BCUT2D eigenvalue weighted by atomic mass is 10.2. The van der Waals surface area contributed by atoms with Crippen LogP contribution in [0.2, 0.25) is 0 Å². The number of aromatic nitrogens is 1. The minimum atomic E-state index is 1.21. The van der Waals surface area contributed by atoms with E-state index >= 15 is 0 Å². The third-order valence-electron chi connectivity index (χ3n) is 3.28. The summed E-state index contributed by atoms with van der Waals surface area (Å²) < 4.78 is 0. The second-order valence-electron chi connectivity index (χ2n) is 4.34. The molecule has 1 N–H and O–H groups in total. The van der Waals surface area contributed by atoms with Gasteiger partial charge in [0.2, 0.25) is 0 Å². The largest absolute Gasteiger partial charge is 0.370 e. The van der Waals surface area contributed by atoms with Gasteiger partial charge < -0.3 is 9.88 Å².